The van der Waals surface area contributed by atoms with E-state index in [1.807, 2.05) is 76.2 Å². The standard InChI is InChI=1S/C29H41N3O4/c1-19(2)17-23(31-28(35)36-29(5,6)7)27(34)32(8)25(24-20(3)13-12-14-21(24)4)26(33)30-18-22-15-10-9-11-16-22/h9-16,19,23,25H,17-18H2,1-8H3,(H,30,33)(H,31,35). The van der Waals surface area contributed by atoms with E-state index in [9.17, 15) is 14.4 Å². The van der Waals surface area contributed by atoms with Gasteiger partial charge in [-0.2, -0.15) is 0 Å². The predicted octanol–water partition coefficient (Wildman–Crippen LogP) is 5.06. The highest BCUT2D eigenvalue weighted by atomic mass is 16.6. The van der Waals surface area contributed by atoms with Crippen LogP contribution in [0, 0.1) is 19.8 Å². The van der Waals surface area contributed by atoms with Crippen LogP contribution in [0.4, 0.5) is 4.79 Å². The van der Waals surface area contributed by atoms with Crippen LogP contribution < -0.4 is 10.6 Å². The molecule has 7 heteroatoms. The molecule has 2 rings (SSSR count). The summed E-state index contributed by atoms with van der Waals surface area (Å²) in [5.74, 6) is -0.502. The SMILES string of the molecule is Cc1cccc(C)c1C(C(=O)NCc1ccccc1)N(C)C(=O)C(CC(C)C)NC(=O)OC(C)(C)C. The van der Waals surface area contributed by atoms with Crippen molar-refractivity contribution in [3.8, 4) is 0 Å². The van der Waals surface area contributed by atoms with Gasteiger partial charge in [-0.3, -0.25) is 9.59 Å². The van der Waals surface area contributed by atoms with Crippen LogP contribution in [-0.4, -0.2) is 41.5 Å². The van der Waals surface area contributed by atoms with Gasteiger partial charge in [-0.05, 0) is 69.2 Å². The van der Waals surface area contributed by atoms with Gasteiger partial charge in [0, 0.05) is 13.6 Å². The van der Waals surface area contributed by atoms with Crippen molar-refractivity contribution in [3.05, 3.63) is 70.8 Å². The van der Waals surface area contributed by atoms with E-state index >= 15 is 0 Å². The third-order valence-electron chi connectivity index (χ3n) is 5.80. The molecular weight excluding hydrogens is 454 g/mol. The van der Waals surface area contributed by atoms with Crippen LogP contribution in [0.2, 0.25) is 0 Å². The lowest BCUT2D eigenvalue weighted by Gasteiger charge is -2.33. The first-order valence-corrected chi connectivity index (χ1v) is 12.4. The number of nitrogens with one attached hydrogen (secondary N) is 2. The first-order chi connectivity index (χ1) is 16.8. The lowest BCUT2D eigenvalue weighted by Crippen LogP contribution is -2.52. The minimum Gasteiger partial charge on any atom is -0.444 e. The lowest BCUT2D eigenvalue weighted by molar-refractivity contribution is -0.141. The normalized spacial score (nSPS) is 13.0. The molecule has 3 amide bonds. The fraction of sp³-hybridized carbons (Fsp3) is 0.483. The number of amides is 3. The zero-order chi connectivity index (χ0) is 27.0. The number of rotatable bonds is 9. The summed E-state index contributed by atoms with van der Waals surface area (Å²) in [6.45, 7) is 13.5. The number of aryl methyl sites for hydroxylation is 2. The van der Waals surface area contributed by atoms with Gasteiger partial charge in [0.25, 0.3) is 0 Å². The molecule has 36 heavy (non-hydrogen) atoms. The number of benzene rings is 2. The van der Waals surface area contributed by atoms with Gasteiger partial charge in [-0.1, -0.05) is 62.4 Å². The Bertz CT molecular complexity index is 1020. The Kier molecular flexibility index (Phi) is 10.1. The summed E-state index contributed by atoms with van der Waals surface area (Å²) in [5.41, 5.74) is 2.87. The summed E-state index contributed by atoms with van der Waals surface area (Å²) < 4.78 is 5.40. The highest BCUT2D eigenvalue weighted by Gasteiger charge is 2.35. The molecule has 196 valence electrons. The number of hydrogen-bond donors (Lipinski definition) is 2. The molecule has 0 saturated carbocycles. The van der Waals surface area contributed by atoms with Crippen molar-refractivity contribution in [2.24, 2.45) is 5.92 Å². The maximum Gasteiger partial charge on any atom is 0.408 e. The molecule has 0 fully saturated rings. The first-order valence-electron chi connectivity index (χ1n) is 12.4. The Morgan fingerprint density at radius 1 is 0.944 bits per heavy atom. The number of carbonyl (C=O) groups excluding carboxylic acids is 3. The number of nitrogens with zero attached hydrogens (tertiary/aromatic N) is 1. The van der Waals surface area contributed by atoms with Crippen molar-refractivity contribution in [1.29, 1.82) is 0 Å². The summed E-state index contributed by atoms with van der Waals surface area (Å²) in [5, 5.41) is 5.73. The molecule has 0 heterocycles. The summed E-state index contributed by atoms with van der Waals surface area (Å²) in [4.78, 5) is 41.4. The van der Waals surface area contributed by atoms with Gasteiger partial charge in [0.1, 0.15) is 17.7 Å². The first kappa shape index (κ1) is 28.9. The van der Waals surface area contributed by atoms with E-state index in [0.29, 0.717) is 13.0 Å². The fourth-order valence-corrected chi connectivity index (χ4v) is 4.16. The molecule has 2 unspecified atom stereocenters. The smallest absolute Gasteiger partial charge is 0.408 e. The highest BCUT2D eigenvalue weighted by molar-refractivity contribution is 5.92. The summed E-state index contributed by atoms with van der Waals surface area (Å²) in [6, 6.07) is 13.7. The van der Waals surface area contributed by atoms with Crippen molar-refractivity contribution in [2.45, 2.75) is 79.1 Å². The Morgan fingerprint density at radius 3 is 2.06 bits per heavy atom. The van der Waals surface area contributed by atoms with Crippen molar-refractivity contribution < 1.29 is 19.1 Å². The summed E-state index contributed by atoms with van der Waals surface area (Å²) in [6.07, 6.45) is -0.250. The second-order valence-electron chi connectivity index (χ2n) is 10.7. The fourth-order valence-electron chi connectivity index (χ4n) is 4.16. The molecule has 2 N–H and O–H groups in total. The minimum absolute atomic E-state index is 0.132. The van der Waals surface area contributed by atoms with E-state index in [1.165, 1.54) is 4.90 Å². The van der Waals surface area contributed by atoms with Gasteiger partial charge in [0.2, 0.25) is 11.8 Å². The molecule has 0 radical (unpaired) electrons. The molecule has 0 saturated heterocycles. The Hall–Kier alpha value is -3.35. The van der Waals surface area contributed by atoms with Crippen LogP contribution in [0.25, 0.3) is 0 Å². The molecule has 0 aliphatic rings. The van der Waals surface area contributed by atoms with E-state index in [1.54, 1.807) is 27.8 Å². The van der Waals surface area contributed by atoms with Crippen LogP contribution in [-0.2, 0) is 20.9 Å². The van der Waals surface area contributed by atoms with E-state index < -0.39 is 23.8 Å². The van der Waals surface area contributed by atoms with E-state index in [-0.39, 0.29) is 17.7 Å². The number of hydrogen-bond acceptors (Lipinski definition) is 4. The van der Waals surface area contributed by atoms with Gasteiger partial charge in [-0.15, -0.1) is 0 Å². The molecule has 0 aromatic heterocycles. The Morgan fingerprint density at radius 2 is 1.53 bits per heavy atom. The van der Waals surface area contributed by atoms with E-state index in [4.69, 9.17) is 4.74 Å². The predicted molar refractivity (Wildman–Crippen MR) is 142 cm³/mol. The maximum absolute atomic E-state index is 13.8. The monoisotopic (exact) mass is 495 g/mol. The number of carbonyl (C=O) groups is 3. The van der Waals surface area contributed by atoms with Gasteiger partial charge in [0.05, 0.1) is 0 Å². The van der Waals surface area contributed by atoms with Crippen LogP contribution in [0.15, 0.2) is 48.5 Å². The third-order valence-corrected chi connectivity index (χ3v) is 5.80. The zero-order valence-corrected chi connectivity index (χ0v) is 22.8. The molecule has 0 aliphatic carbocycles. The average Bonchev–Trinajstić information content (AvgIpc) is 2.77. The van der Waals surface area contributed by atoms with Crippen LogP contribution in [0.1, 0.15) is 69.3 Å². The van der Waals surface area contributed by atoms with Crippen molar-refractivity contribution in [1.82, 2.24) is 15.5 Å². The second-order valence-corrected chi connectivity index (χ2v) is 10.7. The zero-order valence-electron chi connectivity index (χ0n) is 22.8. The molecule has 7 nitrogen and oxygen atoms in total. The average molecular weight is 496 g/mol. The van der Waals surface area contributed by atoms with Crippen LogP contribution >= 0.6 is 0 Å². The molecule has 0 spiro atoms. The van der Waals surface area contributed by atoms with Gasteiger partial charge < -0.3 is 20.3 Å². The highest BCUT2D eigenvalue weighted by Crippen LogP contribution is 2.28. The molecular formula is C29H41N3O4. The van der Waals surface area contributed by atoms with Crippen LogP contribution in [0.3, 0.4) is 0 Å². The Balaban J connectivity index is 2.38. The van der Waals surface area contributed by atoms with E-state index in [0.717, 1.165) is 22.3 Å². The molecule has 2 atom stereocenters. The number of likely N-dealkylation sites (N-methyl/N-ethyl adjacent to an activating group) is 1. The third kappa shape index (κ3) is 8.40. The Labute approximate surface area is 215 Å². The number of alkyl carbamates (subject to hydrolysis) is 1. The second kappa shape index (κ2) is 12.6. The summed E-state index contributed by atoms with van der Waals surface area (Å²) >= 11 is 0. The number of ether oxygens (including phenoxy) is 1. The van der Waals surface area contributed by atoms with Crippen molar-refractivity contribution >= 4 is 17.9 Å². The maximum atomic E-state index is 13.8. The van der Waals surface area contributed by atoms with Crippen molar-refractivity contribution in [2.75, 3.05) is 7.05 Å². The largest absolute Gasteiger partial charge is 0.444 e. The molecule has 2 aromatic rings. The molecule has 2 aromatic carbocycles. The summed E-state index contributed by atoms with van der Waals surface area (Å²) in [7, 11) is 1.62. The van der Waals surface area contributed by atoms with E-state index in [2.05, 4.69) is 10.6 Å². The molecule has 0 bridgehead atoms. The topological polar surface area (TPSA) is 87.7 Å². The quantitative estimate of drug-likeness (QED) is 0.509. The van der Waals surface area contributed by atoms with Gasteiger partial charge >= 0.3 is 6.09 Å². The minimum atomic E-state index is -0.863. The van der Waals surface area contributed by atoms with Crippen molar-refractivity contribution in [3.63, 3.8) is 0 Å². The van der Waals surface area contributed by atoms with Crippen LogP contribution in [0.5, 0.6) is 0 Å². The lowest BCUT2D eigenvalue weighted by atomic mass is 9.93. The molecule has 0 aliphatic heterocycles. The van der Waals surface area contributed by atoms with Gasteiger partial charge in [0.15, 0.2) is 0 Å². The van der Waals surface area contributed by atoms with Gasteiger partial charge in [-0.25, -0.2) is 4.79 Å².